The van der Waals surface area contributed by atoms with E-state index in [1.807, 2.05) is 4.57 Å². The summed E-state index contributed by atoms with van der Waals surface area (Å²) in [5, 5.41) is 4.29. The van der Waals surface area contributed by atoms with Crippen molar-refractivity contribution in [2.75, 3.05) is 23.3 Å². The van der Waals surface area contributed by atoms with Crippen LogP contribution in [0.4, 0.5) is 17.3 Å². The van der Waals surface area contributed by atoms with E-state index >= 15 is 0 Å². The highest BCUT2D eigenvalue weighted by molar-refractivity contribution is 7.18. The second-order valence-corrected chi connectivity index (χ2v) is 9.90. The maximum absolute atomic E-state index is 13.5. The Morgan fingerprint density at radius 1 is 1.00 bits per heavy atom. The minimum absolute atomic E-state index is 0.0451. The van der Waals surface area contributed by atoms with Crippen molar-refractivity contribution in [3.05, 3.63) is 45.1 Å². The molecule has 0 amide bonds. The van der Waals surface area contributed by atoms with Crippen LogP contribution in [0.5, 0.6) is 0 Å². The lowest BCUT2D eigenvalue weighted by Crippen LogP contribution is -2.29. The van der Waals surface area contributed by atoms with Gasteiger partial charge in [0, 0.05) is 35.4 Å². The molecule has 0 spiro atoms. The van der Waals surface area contributed by atoms with Crippen molar-refractivity contribution in [2.24, 2.45) is 0 Å². The predicted molar refractivity (Wildman–Crippen MR) is 127 cm³/mol. The first-order valence-corrected chi connectivity index (χ1v) is 12.1. The normalized spacial score (nSPS) is 16.8. The first-order valence-electron chi connectivity index (χ1n) is 11.3. The highest BCUT2D eigenvalue weighted by atomic mass is 32.1. The minimum Gasteiger partial charge on any atom is -0.372 e. The number of hydrogen-bond donors (Lipinski definition) is 1. The highest BCUT2D eigenvalue weighted by Crippen LogP contribution is 2.35. The van der Waals surface area contributed by atoms with Crippen LogP contribution >= 0.6 is 11.3 Å². The molecule has 5 nitrogen and oxygen atoms in total. The van der Waals surface area contributed by atoms with Gasteiger partial charge in [-0.1, -0.05) is 0 Å². The molecule has 2 aromatic heterocycles. The van der Waals surface area contributed by atoms with E-state index in [-0.39, 0.29) is 11.6 Å². The van der Waals surface area contributed by atoms with Crippen LogP contribution < -0.4 is 15.8 Å². The van der Waals surface area contributed by atoms with Crippen molar-refractivity contribution in [3.8, 4) is 0 Å². The predicted octanol–water partition coefficient (Wildman–Crippen LogP) is 5.65. The fourth-order valence-corrected chi connectivity index (χ4v) is 6.07. The van der Waals surface area contributed by atoms with E-state index < -0.39 is 0 Å². The number of thiophene rings is 1. The third kappa shape index (κ3) is 3.51. The summed E-state index contributed by atoms with van der Waals surface area (Å²) < 4.78 is 1.82. The van der Waals surface area contributed by atoms with Gasteiger partial charge in [-0.2, -0.15) is 0 Å². The summed E-state index contributed by atoms with van der Waals surface area (Å²) in [6.45, 7) is 6.39. The maximum atomic E-state index is 13.5. The van der Waals surface area contributed by atoms with E-state index in [4.69, 9.17) is 4.98 Å². The van der Waals surface area contributed by atoms with E-state index in [1.54, 1.807) is 11.3 Å². The van der Waals surface area contributed by atoms with Crippen LogP contribution in [0, 0.1) is 0 Å². The van der Waals surface area contributed by atoms with Gasteiger partial charge >= 0.3 is 0 Å². The first-order chi connectivity index (χ1) is 14.6. The van der Waals surface area contributed by atoms with Gasteiger partial charge in [0.2, 0.25) is 5.95 Å². The van der Waals surface area contributed by atoms with Crippen LogP contribution in [0.1, 0.15) is 62.4 Å². The van der Waals surface area contributed by atoms with Crippen molar-refractivity contribution in [1.82, 2.24) is 9.55 Å². The number of aryl methyl sites for hydroxylation is 2. The number of nitrogens with one attached hydrogen (secondary N) is 1. The molecule has 0 radical (unpaired) electrons. The van der Waals surface area contributed by atoms with Gasteiger partial charge in [-0.05, 0) is 88.6 Å². The summed E-state index contributed by atoms with van der Waals surface area (Å²) >= 11 is 1.71. The Balaban J connectivity index is 1.50. The molecule has 0 bridgehead atoms. The Kier molecular flexibility index (Phi) is 5.27. The smallest absolute Gasteiger partial charge is 0.264 e. The van der Waals surface area contributed by atoms with Crippen molar-refractivity contribution >= 4 is 38.9 Å². The Labute approximate surface area is 181 Å². The summed E-state index contributed by atoms with van der Waals surface area (Å²) in [7, 11) is 0. The van der Waals surface area contributed by atoms with Gasteiger partial charge in [0.1, 0.15) is 4.83 Å². The van der Waals surface area contributed by atoms with Crippen molar-refractivity contribution in [2.45, 2.75) is 64.8 Å². The topological polar surface area (TPSA) is 50.2 Å². The molecular formula is C24H30N4OS. The summed E-state index contributed by atoms with van der Waals surface area (Å²) in [6.07, 6.45) is 8.36. The van der Waals surface area contributed by atoms with Gasteiger partial charge in [-0.25, -0.2) is 4.98 Å². The van der Waals surface area contributed by atoms with Gasteiger partial charge in [-0.3, -0.25) is 9.36 Å². The van der Waals surface area contributed by atoms with Crippen LogP contribution in [0.15, 0.2) is 29.1 Å². The number of anilines is 3. The molecule has 2 aliphatic rings. The molecule has 1 fully saturated rings. The fourth-order valence-electron chi connectivity index (χ4n) is 4.82. The second kappa shape index (κ2) is 8.06. The lowest BCUT2D eigenvalue weighted by Gasteiger charge is -2.29. The maximum Gasteiger partial charge on any atom is 0.264 e. The molecule has 3 heterocycles. The molecule has 0 atom stereocenters. The van der Waals surface area contributed by atoms with E-state index in [2.05, 4.69) is 48.3 Å². The molecule has 1 aromatic carbocycles. The molecule has 1 aliphatic carbocycles. The quantitative estimate of drug-likeness (QED) is 0.590. The van der Waals surface area contributed by atoms with Crippen LogP contribution in [0.3, 0.4) is 0 Å². The van der Waals surface area contributed by atoms with E-state index in [1.165, 1.54) is 48.2 Å². The van der Waals surface area contributed by atoms with E-state index in [0.29, 0.717) is 5.95 Å². The molecule has 0 unspecified atom stereocenters. The van der Waals surface area contributed by atoms with Crippen molar-refractivity contribution in [1.29, 1.82) is 0 Å². The van der Waals surface area contributed by atoms with Crippen LogP contribution in [-0.2, 0) is 12.8 Å². The van der Waals surface area contributed by atoms with Gasteiger partial charge in [0.25, 0.3) is 5.56 Å². The lowest BCUT2D eigenvalue weighted by atomic mass is 9.97. The van der Waals surface area contributed by atoms with Crippen molar-refractivity contribution < 1.29 is 0 Å². The van der Waals surface area contributed by atoms with Gasteiger partial charge in [0.15, 0.2) is 0 Å². The molecule has 0 saturated carbocycles. The van der Waals surface area contributed by atoms with Crippen molar-refractivity contribution in [3.63, 3.8) is 0 Å². The summed E-state index contributed by atoms with van der Waals surface area (Å²) in [5.41, 5.74) is 3.60. The standard InChI is InChI=1S/C24H30N4OS/c1-16(2)28-23(29)21-19-8-4-5-9-20(19)30-22(21)26-24(28)25-17-10-12-18(13-11-17)27-14-6-3-7-15-27/h10-13,16H,3-9,14-15H2,1-2H3,(H,25,26). The van der Waals surface area contributed by atoms with E-state index in [0.717, 1.165) is 41.8 Å². The SMILES string of the molecule is CC(C)n1c(Nc2ccc(N3CCCCC3)cc2)nc2sc3c(c2c1=O)CCCC3. The molecule has 30 heavy (non-hydrogen) atoms. The number of nitrogens with zero attached hydrogens (tertiary/aromatic N) is 3. The largest absolute Gasteiger partial charge is 0.372 e. The van der Waals surface area contributed by atoms with Gasteiger partial charge < -0.3 is 10.2 Å². The van der Waals surface area contributed by atoms with Gasteiger partial charge in [-0.15, -0.1) is 11.3 Å². The Hall–Kier alpha value is -2.34. The van der Waals surface area contributed by atoms with Crippen LogP contribution in [-0.4, -0.2) is 22.6 Å². The average molecular weight is 423 g/mol. The van der Waals surface area contributed by atoms with Crippen LogP contribution in [0.2, 0.25) is 0 Å². The lowest BCUT2D eigenvalue weighted by molar-refractivity contribution is 0.578. The number of piperidine rings is 1. The summed E-state index contributed by atoms with van der Waals surface area (Å²) in [5.74, 6) is 0.645. The molecule has 1 saturated heterocycles. The number of fused-ring (bicyclic) bond motifs is 3. The monoisotopic (exact) mass is 422 g/mol. The second-order valence-electron chi connectivity index (χ2n) is 8.81. The fraction of sp³-hybridized carbons (Fsp3) is 0.500. The number of benzene rings is 1. The highest BCUT2D eigenvalue weighted by Gasteiger charge is 2.23. The molecular weight excluding hydrogens is 392 g/mol. The van der Waals surface area contributed by atoms with Gasteiger partial charge in [0.05, 0.1) is 5.39 Å². The van der Waals surface area contributed by atoms with E-state index in [9.17, 15) is 4.79 Å². The molecule has 158 valence electrons. The molecule has 1 N–H and O–H groups in total. The molecule has 1 aliphatic heterocycles. The molecule has 3 aromatic rings. The molecule has 5 rings (SSSR count). The first kappa shape index (κ1) is 19.6. The Bertz CT molecular complexity index is 1110. The number of rotatable bonds is 4. The number of hydrogen-bond acceptors (Lipinski definition) is 5. The zero-order valence-corrected chi connectivity index (χ0v) is 18.7. The average Bonchev–Trinajstić information content (AvgIpc) is 3.13. The summed E-state index contributed by atoms with van der Waals surface area (Å²) in [4.78, 5) is 23.1. The Morgan fingerprint density at radius 2 is 1.73 bits per heavy atom. The zero-order valence-electron chi connectivity index (χ0n) is 17.9. The Morgan fingerprint density at radius 3 is 2.47 bits per heavy atom. The van der Waals surface area contributed by atoms with Crippen LogP contribution in [0.25, 0.3) is 10.2 Å². The zero-order chi connectivity index (χ0) is 20.7. The summed E-state index contributed by atoms with van der Waals surface area (Å²) in [6, 6.07) is 8.60. The third-order valence-electron chi connectivity index (χ3n) is 6.38. The number of aromatic nitrogens is 2. The minimum atomic E-state index is 0.0451. The molecule has 6 heteroatoms. The third-order valence-corrected chi connectivity index (χ3v) is 7.57.